The Balaban J connectivity index is 1.09. The van der Waals surface area contributed by atoms with Crippen LogP contribution in [0.25, 0.3) is 0 Å². The topological polar surface area (TPSA) is 9.72 Å². The zero-order valence-corrected chi connectivity index (χ0v) is 18.1. The van der Waals surface area contributed by atoms with E-state index in [9.17, 15) is 0 Å². The van der Waals surface area contributed by atoms with E-state index in [2.05, 4.69) is 76.2 Å². The maximum Gasteiger partial charge on any atom is 0.0367 e. The average Bonchev–Trinajstić information content (AvgIpc) is 2.79. The molecular weight excluding hydrogens is 354 g/mol. The van der Waals surface area contributed by atoms with Gasteiger partial charge in [-0.3, -0.25) is 4.90 Å². The smallest absolute Gasteiger partial charge is 0.0367 e. The zero-order valence-electron chi connectivity index (χ0n) is 18.1. The molecule has 0 N–H and O–H groups in total. The van der Waals surface area contributed by atoms with Crippen LogP contribution in [0.2, 0.25) is 0 Å². The first-order chi connectivity index (χ1) is 14.3. The summed E-state index contributed by atoms with van der Waals surface area (Å²) in [5.41, 5.74) is 4.13. The van der Waals surface area contributed by atoms with Crippen LogP contribution in [0.15, 0.2) is 54.6 Å². The number of hydrogen-bond acceptors (Lipinski definition) is 3. The van der Waals surface area contributed by atoms with Gasteiger partial charge in [0.1, 0.15) is 0 Å². The number of benzene rings is 2. The fraction of sp³-hybridized carbons (Fsp3) is 0.538. The second-order valence-electron chi connectivity index (χ2n) is 8.93. The summed E-state index contributed by atoms with van der Waals surface area (Å²) in [6.07, 6.45) is 6.91. The number of rotatable bonds is 7. The van der Waals surface area contributed by atoms with Gasteiger partial charge in [0.2, 0.25) is 0 Å². The highest BCUT2D eigenvalue weighted by Gasteiger charge is 2.20. The normalized spacial score (nSPS) is 18.9. The Bertz CT molecular complexity index is 711. The highest BCUT2D eigenvalue weighted by molar-refractivity contribution is 5.48. The first-order valence-corrected chi connectivity index (χ1v) is 11.6. The number of anilines is 2. The van der Waals surface area contributed by atoms with Crippen LogP contribution in [0.5, 0.6) is 0 Å². The molecule has 3 nitrogen and oxygen atoms in total. The van der Waals surface area contributed by atoms with Crippen LogP contribution in [0, 0.1) is 12.8 Å². The Morgan fingerprint density at radius 1 is 0.690 bits per heavy atom. The van der Waals surface area contributed by atoms with Gasteiger partial charge in [0, 0.05) is 50.6 Å². The first kappa shape index (κ1) is 20.3. The lowest BCUT2D eigenvalue weighted by Crippen LogP contribution is -2.46. The number of para-hydroxylation sites is 1. The van der Waals surface area contributed by atoms with E-state index in [1.165, 1.54) is 94.9 Å². The Morgan fingerprint density at radius 3 is 2.00 bits per heavy atom. The molecule has 156 valence electrons. The van der Waals surface area contributed by atoms with E-state index in [0.29, 0.717) is 0 Å². The van der Waals surface area contributed by atoms with Crippen molar-refractivity contribution in [3.05, 3.63) is 60.2 Å². The van der Waals surface area contributed by atoms with Crippen LogP contribution in [-0.4, -0.2) is 50.7 Å². The van der Waals surface area contributed by atoms with Crippen molar-refractivity contribution in [3.63, 3.8) is 0 Å². The van der Waals surface area contributed by atoms with Gasteiger partial charge in [-0.1, -0.05) is 48.7 Å². The Labute approximate surface area is 177 Å². The molecule has 2 aliphatic heterocycles. The van der Waals surface area contributed by atoms with Gasteiger partial charge in [-0.05, 0) is 62.9 Å². The maximum atomic E-state index is 2.67. The predicted molar refractivity (Wildman–Crippen MR) is 125 cm³/mol. The van der Waals surface area contributed by atoms with E-state index >= 15 is 0 Å². The third-order valence-corrected chi connectivity index (χ3v) is 6.84. The van der Waals surface area contributed by atoms with E-state index in [-0.39, 0.29) is 0 Å². The van der Waals surface area contributed by atoms with Crippen LogP contribution in [0.4, 0.5) is 11.4 Å². The van der Waals surface area contributed by atoms with Crippen LogP contribution in [0.3, 0.4) is 0 Å². The molecule has 0 bridgehead atoms. The zero-order chi connectivity index (χ0) is 19.9. The first-order valence-electron chi connectivity index (χ1n) is 11.6. The number of piperidine rings is 1. The number of aryl methyl sites for hydroxylation is 1. The lowest BCUT2D eigenvalue weighted by atomic mass is 9.91. The molecule has 4 rings (SSSR count). The van der Waals surface area contributed by atoms with Crippen molar-refractivity contribution in [1.29, 1.82) is 0 Å². The van der Waals surface area contributed by atoms with Crippen molar-refractivity contribution in [2.75, 3.05) is 55.6 Å². The number of hydrogen-bond donors (Lipinski definition) is 0. The second-order valence-corrected chi connectivity index (χ2v) is 8.93. The van der Waals surface area contributed by atoms with Gasteiger partial charge < -0.3 is 9.80 Å². The average molecular weight is 392 g/mol. The molecule has 2 aliphatic rings. The lowest BCUT2D eigenvalue weighted by molar-refractivity contribution is 0.247. The third-order valence-electron chi connectivity index (χ3n) is 6.84. The summed E-state index contributed by atoms with van der Waals surface area (Å²) >= 11 is 0. The maximum absolute atomic E-state index is 2.67. The van der Waals surface area contributed by atoms with Crippen LogP contribution < -0.4 is 9.80 Å². The Hall–Kier alpha value is -2.00. The van der Waals surface area contributed by atoms with Crippen LogP contribution >= 0.6 is 0 Å². The van der Waals surface area contributed by atoms with Gasteiger partial charge in [0.25, 0.3) is 0 Å². The highest BCUT2D eigenvalue weighted by atomic mass is 15.3. The van der Waals surface area contributed by atoms with E-state index in [1.807, 2.05) is 0 Å². The van der Waals surface area contributed by atoms with Crippen molar-refractivity contribution >= 4 is 11.4 Å². The summed E-state index contributed by atoms with van der Waals surface area (Å²) < 4.78 is 0. The van der Waals surface area contributed by atoms with Crippen molar-refractivity contribution in [3.8, 4) is 0 Å². The molecule has 2 aromatic carbocycles. The summed E-state index contributed by atoms with van der Waals surface area (Å²) in [6.45, 7) is 10.7. The molecule has 2 fully saturated rings. The molecule has 0 amide bonds. The van der Waals surface area contributed by atoms with E-state index in [0.717, 1.165) is 5.92 Å². The van der Waals surface area contributed by atoms with Crippen LogP contribution in [-0.2, 0) is 0 Å². The fourth-order valence-corrected chi connectivity index (χ4v) is 4.87. The second kappa shape index (κ2) is 10.2. The standard InChI is InChI=1S/C26H37N3/c1-23-10-12-26(13-11-23)29-21-19-27(20-22-29)16-6-5-7-24-14-17-28(18-15-24)25-8-3-2-4-9-25/h2-4,8-13,24H,5-7,14-22H2,1H3. The number of nitrogens with zero attached hydrogens (tertiary/aromatic N) is 3. The van der Waals surface area contributed by atoms with Crippen molar-refractivity contribution < 1.29 is 0 Å². The SMILES string of the molecule is Cc1ccc(N2CCN(CCCCC3CCN(c4ccccc4)CC3)CC2)cc1. The molecule has 2 saturated heterocycles. The number of unbranched alkanes of at least 4 members (excludes halogenated alkanes) is 1. The van der Waals surface area contributed by atoms with E-state index in [4.69, 9.17) is 0 Å². The summed E-state index contributed by atoms with van der Waals surface area (Å²) in [6, 6.07) is 19.9. The van der Waals surface area contributed by atoms with Gasteiger partial charge in [-0.25, -0.2) is 0 Å². The molecule has 3 heteroatoms. The lowest BCUT2D eigenvalue weighted by Gasteiger charge is -2.36. The van der Waals surface area contributed by atoms with Gasteiger partial charge in [0.15, 0.2) is 0 Å². The third kappa shape index (κ3) is 5.76. The van der Waals surface area contributed by atoms with Crippen molar-refractivity contribution in [1.82, 2.24) is 4.90 Å². The minimum absolute atomic E-state index is 0.938. The molecule has 0 aliphatic carbocycles. The molecule has 29 heavy (non-hydrogen) atoms. The molecule has 0 unspecified atom stereocenters. The monoisotopic (exact) mass is 391 g/mol. The molecule has 0 atom stereocenters. The summed E-state index contributed by atoms with van der Waals surface area (Å²) in [4.78, 5) is 7.77. The Kier molecular flexibility index (Phi) is 7.10. The molecule has 2 aromatic rings. The number of piperazine rings is 1. The molecule has 0 radical (unpaired) electrons. The molecule has 2 heterocycles. The van der Waals surface area contributed by atoms with Gasteiger partial charge in [-0.15, -0.1) is 0 Å². The molecular formula is C26H37N3. The minimum Gasteiger partial charge on any atom is -0.372 e. The Morgan fingerprint density at radius 2 is 1.31 bits per heavy atom. The fourth-order valence-electron chi connectivity index (χ4n) is 4.87. The quantitative estimate of drug-likeness (QED) is 0.600. The molecule has 0 aromatic heterocycles. The highest BCUT2D eigenvalue weighted by Crippen LogP contribution is 2.26. The van der Waals surface area contributed by atoms with E-state index in [1.54, 1.807) is 0 Å². The van der Waals surface area contributed by atoms with Gasteiger partial charge in [0.05, 0.1) is 0 Å². The predicted octanol–water partition coefficient (Wildman–Crippen LogP) is 5.20. The van der Waals surface area contributed by atoms with Crippen molar-refractivity contribution in [2.24, 2.45) is 5.92 Å². The summed E-state index contributed by atoms with van der Waals surface area (Å²) in [5, 5.41) is 0. The molecule has 0 spiro atoms. The molecule has 0 saturated carbocycles. The minimum atomic E-state index is 0.938. The van der Waals surface area contributed by atoms with E-state index < -0.39 is 0 Å². The van der Waals surface area contributed by atoms with Gasteiger partial charge >= 0.3 is 0 Å². The van der Waals surface area contributed by atoms with Gasteiger partial charge in [-0.2, -0.15) is 0 Å². The summed E-state index contributed by atoms with van der Waals surface area (Å²) in [7, 11) is 0. The largest absolute Gasteiger partial charge is 0.372 e. The van der Waals surface area contributed by atoms with Crippen LogP contribution in [0.1, 0.15) is 37.7 Å². The summed E-state index contributed by atoms with van der Waals surface area (Å²) in [5.74, 6) is 0.938. The van der Waals surface area contributed by atoms with Crippen molar-refractivity contribution in [2.45, 2.75) is 39.0 Å².